The van der Waals surface area contributed by atoms with Crippen molar-refractivity contribution in [3.8, 4) is 6.07 Å². The summed E-state index contributed by atoms with van der Waals surface area (Å²) in [6, 6.07) is 2.08. The van der Waals surface area contributed by atoms with Crippen LogP contribution >= 0.6 is 0 Å². The Balaban J connectivity index is 2.99. The van der Waals surface area contributed by atoms with Crippen molar-refractivity contribution in [1.29, 1.82) is 5.26 Å². The maximum atomic E-state index is 8.65. The van der Waals surface area contributed by atoms with Gasteiger partial charge in [0.1, 0.15) is 6.07 Å². The number of hydrogen-bond donors (Lipinski definition) is 1. The molecule has 0 aromatic heterocycles. The lowest BCUT2D eigenvalue weighted by molar-refractivity contribution is 0.479. The van der Waals surface area contributed by atoms with Gasteiger partial charge in [0, 0.05) is 5.70 Å². The van der Waals surface area contributed by atoms with Crippen molar-refractivity contribution in [3.05, 3.63) is 23.4 Å². The van der Waals surface area contributed by atoms with Crippen molar-refractivity contribution in [2.45, 2.75) is 20.3 Å². The minimum Gasteiger partial charge on any atom is -0.398 e. The number of rotatable bonds is 0. The Morgan fingerprint density at radius 1 is 1.64 bits per heavy atom. The van der Waals surface area contributed by atoms with E-state index in [9.17, 15) is 0 Å². The minimum absolute atomic E-state index is 0.0912. The Hall–Kier alpha value is -1.23. The Labute approximate surface area is 67.0 Å². The zero-order chi connectivity index (χ0) is 8.48. The fourth-order valence-corrected chi connectivity index (χ4v) is 1.11. The molecule has 0 bridgehead atoms. The zero-order valence-corrected chi connectivity index (χ0v) is 6.89. The standard InChI is InChI=1S/C9H12N2/c1-9(2)4-3-8(11)7(5-9)6-10/h3,5H,4,11H2,1-2H3. The van der Waals surface area contributed by atoms with Gasteiger partial charge in [0.2, 0.25) is 0 Å². The van der Waals surface area contributed by atoms with Gasteiger partial charge in [0.05, 0.1) is 5.57 Å². The van der Waals surface area contributed by atoms with E-state index in [0.29, 0.717) is 11.3 Å². The van der Waals surface area contributed by atoms with Gasteiger partial charge in [-0.2, -0.15) is 5.26 Å². The first-order valence-electron chi connectivity index (χ1n) is 3.64. The summed E-state index contributed by atoms with van der Waals surface area (Å²) in [5.74, 6) is 0. The molecule has 0 atom stereocenters. The van der Waals surface area contributed by atoms with Crippen LogP contribution in [0.25, 0.3) is 0 Å². The van der Waals surface area contributed by atoms with Gasteiger partial charge >= 0.3 is 0 Å². The molecule has 0 radical (unpaired) electrons. The van der Waals surface area contributed by atoms with Crippen molar-refractivity contribution in [2.75, 3.05) is 0 Å². The molecule has 0 fully saturated rings. The molecule has 0 spiro atoms. The smallest absolute Gasteiger partial charge is 0.101 e. The molecule has 2 heteroatoms. The van der Waals surface area contributed by atoms with E-state index in [2.05, 4.69) is 19.9 Å². The van der Waals surface area contributed by atoms with Crippen molar-refractivity contribution in [2.24, 2.45) is 11.1 Å². The Morgan fingerprint density at radius 3 is 2.73 bits per heavy atom. The molecule has 0 aromatic carbocycles. The van der Waals surface area contributed by atoms with Crippen LogP contribution in [0.2, 0.25) is 0 Å². The summed E-state index contributed by atoms with van der Waals surface area (Å²) in [6.45, 7) is 4.18. The summed E-state index contributed by atoms with van der Waals surface area (Å²) in [5.41, 5.74) is 6.90. The predicted octanol–water partition coefficient (Wildman–Crippen LogP) is 1.71. The molecule has 1 aliphatic carbocycles. The van der Waals surface area contributed by atoms with E-state index >= 15 is 0 Å². The number of nitrogens with two attached hydrogens (primary N) is 1. The van der Waals surface area contributed by atoms with Crippen LogP contribution in [0.5, 0.6) is 0 Å². The van der Waals surface area contributed by atoms with E-state index in [1.165, 1.54) is 0 Å². The lowest BCUT2D eigenvalue weighted by Gasteiger charge is -2.22. The number of hydrogen-bond acceptors (Lipinski definition) is 2. The second kappa shape index (κ2) is 2.43. The van der Waals surface area contributed by atoms with Crippen molar-refractivity contribution in [1.82, 2.24) is 0 Å². The first kappa shape index (κ1) is 7.87. The molecule has 0 unspecified atom stereocenters. The molecule has 0 heterocycles. The molecule has 0 aromatic rings. The van der Waals surface area contributed by atoms with Crippen LogP contribution in [0.3, 0.4) is 0 Å². The minimum atomic E-state index is 0.0912. The highest BCUT2D eigenvalue weighted by atomic mass is 14.6. The summed E-state index contributed by atoms with van der Waals surface area (Å²) < 4.78 is 0. The monoisotopic (exact) mass is 148 g/mol. The maximum absolute atomic E-state index is 8.65. The van der Waals surface area contributed by atoms with E-state index < -0.39 is 0 Å². The third-order valence-electron chi connectivity index (χ3n) is 1.81. The molecule has 0 saturated heterocycles. The van der Waals surface area contributed by atoms with Crippen molar-refractivity contribution in [3.63, 3.8) is 0 Å². The molecule has 2 nitrogen and oxygen atoms in total. The molecule has 11 heavy (non-hydrogen) atoms. The number of nitriles is 1. The topological polar surface area (TPSA) is 49.8 Å². The van der Waals surface area contributed by atoms with E-state index in [-0.39, 0.29) is 5.41 Å². The Morgan fingerprint density at radius 2 is 2.27 bits per heavy atom. The van der Waals surface area contributed by atoms with E-state index in [1.54, 1.807) is 0 Å². The highest BCUT2D eigenvalue weighted by Gasteiger charge is 2.19. The number of nitrogens with zero attached hydrogens (tertiary/aromatic N) is 1. The molecule has 0 amide bonds. The molecule has 1 rings (SSSR count). The lowest BCUT2D eigenvalue weighted by atomic mass is 9.83. The molecule has 0 saturated carbocycles. The van der Waals surface area contributed by atoms with E-state index in [4.69, 9.17) is 11.0 Å². The zero-order valence-electron chi connectivity index (χ0n) is 6.89. The summed E-state index contributed by atoms with van der Waals surface area (Å²) in [7, 11) is 0. The van der Waals surface area contributed by atoms with E-state index in [1.807, 2.05) is 12.2 Å². The average Bonchev–Trinajstić information content (AvgIpc) is 1.94. The van der Waals surface area contributed by atoms with Crippen LogP contribution < -0.4 is 5.73 Å². The fraction of sp³-hybridized carbons (Fsp3) is 0.444. The van der Waals surface area contributed by atoms with Gasteiger partial charge in [-0.15, -0.1) is 0 Å². The Bertz CT molecular complexity index is 264. The molecule has 58 valence electrons. The van der Waals surface area contributed by atoms with Crippen LogP contribution in [0.4, 0.5) is 0 Å². The fourth-order valence-electron chi connectivity index (χ4n) is 1.11. The highest BCUT2D eigenvalue weighted by molar-refractivity contribution is 5.43. The van der Waals surface area contributed by atoms with Gasteiger partial charge in [-0.1, -0.05) is 26.0 Å². The predicted molar refractivity (Wildman–Crippen MR) is 44.4 cm³/mol. The van der Waals surface area contributed by atoms with Gasteiger partial charge in [0.25, 0.3) is 0 Å². The van der Waals surface area contributed by atoms with Crippen LogP contribution in [-0.2, 0) is 0 Å². The summed E-state index contributed by atoms with van der Waals surface area (Å²) in [4.78, 5) is 0. The first-order valence-corrected chi connectivity index (χ1v) is 3.64. The lowest BCUT2D eigenvalue weighted by Crippen LogP contribution is -2.15. The van der Waals surface area contributed by atoms with Crippen molar-refractivity contribution < 1.29 is 0 Å². The SMILES string of the molecule is CC1(C)C=C(C#N)C(N)=CC1. The molecule has 2 N–H and O–H groups in total. The van der Waals surface area contributed by atoms with Gasteiger partial charge in [-0.25, -0.2) is 0 Å². The summed E-state index contributed by atoms with van der Waals surface area (Å²) in [5, 5.41) is 8.65. The Kier molecular flexibility index (Phi) is 1.74. The third kappa shape index (κ3) is 1.62. The summed E-state index contributed by atoms with van der Waals surface area (Å²) >= 11 is 0. The quantitative estimate of drug-likeness (QED) is 0.568. The second-order valence-corrected chi connectivity index (χ2v) is 3.52. The molecular formula is C9H12N2. The third-order valence-corrected chi connectivity index (χ3v) is 1.81. The summed E-state index contributed by atoms with van der Waals surface area (Å²) in [6.07, 6.45) is 4.77. The largest absolute Gasteiger partial charge is 0.398 e. The van der Waals surface area contributed by atoms with Crippen LogP contribution in [0.1, 0.15) is 20.3 Å². The first-order chi connectivity index (χ1) is 5.05. The molecule has 1 aliphatic rings. The van der Waals surface area contributed by atoms with Gasteiger partial charge in [0.15, 0.2) is 0 Å². The van der Waals surface area contributed by atoms with Crippen LogP contribution in [-0.4, -0.2) is 0 Å². The highest BCUT2D eigenvalue weighted by Crippen LogP contribution is 2.30. The maximum Gasteiger partial charge on any atom is 0.101 e. The molecular weight excluding hydrogens is 136 g/mol. The van der Waals surface area contributed by atoms with E-state index in [0.717, 1.165) is 6.42 Å². The van der Waals surface area contributed by atoms with Crippen LogP contribution in [0.15, 0.2) is 23.4 Å². The van der Waals surface area contributed by atoms with Gasteiger partial charge < -0.3 is 5.73 Å². The number of allylic oxidation sites excluding steroid dienone is 3. The van der Waals surface area contributed by atoms with Crippen LogP contribution in [0, 0.1) is 16.7 Å². The normalized spacial score (nSPS) is 21.5. The van der Waals surface area contributed by atoms with Crippen molar-refractivity contribution >= 4 is 0 Å². The second-order valence-electron chi connectivity index (χ2n) is 3.52. The van der Waals surface area contributed by atoms with Gasteiger partial charge in [-0.3, -0.25) is 0 Å². The average molecular weight is 148 g/mol. The van der Waals surface area contributed by atoms with Gasteiger partial charge in [-0.05, 0) is 11.8 Å². The molecule has 0 aliphatic heterocycles.